The highest BCUT2D eigenvalue weighted by Crippen LogP contribution is 2.58. The standard InChI is InChI=1S/C62H88O19/c1-28-16-35-8-10-39-29(2)17-37(67-39)12-14-60-26-48-56(80-60)57-58(74-48)59(81-60)55-40(71-57)11-9-36(69-55)19-50(65)75-54-33(6)53-45(70-44(54)21-41(68-35)32(28)5)22-43-47(73-53)25-62(76-43)27-49-52(79-62)31(4)24-61(78-49)23-30(3)51-46(77-61)20-38(64)42(72-51)18-34(63)13-15-66-7/h28,30-31,33,35-49,51-59,64H,2,5,8-27H2,1,3-4,6-7H3/t28-,30+,31+,33+,35+,36-,37+,38-,39+,40+,41-,42-,43+,44+,45+,46+,47+,48-,49+,51+,52+,53+,54-,55+,56+,57+,58-,59+,60+,61-,62+/m1/s1. The van der Waals surface area contributed by atoms with E-state index in [-0.39, 0.29) is 158 Å². The van der Waals surface area contributed by atoms with E-state index < -0.39 is 60.1 Å². The Morgan fingerprint density at radius 2 is 1.22 bits per heavy atom. The maximum Gasteiger partial charge on any atom is 0.308 e. The third kappa shape index (κ3) is 9.92. The molecule has 16 aliphatic rings. The summed E-state index contributed by atoms with van der Waals surface area (Å²) in [6, 6.07) is 0. The normalized spacial score (nSPS) is 56.3. The highest BCUT2D eigenvalue weighted by Gasteiger charge is 2.70. The van der Waals surface area contributed by atoms with E-state index in [0.717, 1.165) is 49.7 Å². The highest BCUT2D eigenvalue weighted by atomic mass is 16.8. The van der Waals surface area contributed by atoms with E-state index in [1.54, 1.807) is 7.11 Å². The lowest BCUT2D eigenvalue weighted by atomic mass is 9.78. The van der Waals surface area contributed by atoms with Crippen LogP contribution in [0.3, 0.4) is 0 Å². The van der Waals surface area contributed by atoms with E-state index in [1.165, 1.54) is 0 Å². The van der Waals surface area contributed by atoms with Crippen LogP contribution < -0.4 is 0 Å². The molecule has 0 unspecified atom stereocenters. The van der Waals surface area contributed by atoms with Crippen LogP contribution in [0.1, 0.15) is 150 Å². The van der Waals surface area contributed by atoms with E-state index in [4.69, 9.17) is 75.8 Å². The lowest BCUT2D eigenvalue weighted by Gasteiger charge is -2.54. The summed E-state index contributed by atoms with van der Waals surface area (Å²) >= 11 is 0. The molecule has 16 aliphatic heterocycles. The molecule has 0 saturated carbocycles. The van der Waals surface area contributed by atoms with Gasteiger partial charge in [0.25, 0.3) is 0 Å². The molecule has 3 spiro atoms. The maximum absolute atomic E-state index is 14.6. The Balaban J connectivity index is 0.647. The zero-order chi connectivity index (χ0) is 55.4. The van der Waals surface area contributed by atoms with Crippen molar-refractivity contribution in [2.24, 2.45) is 23.7 Å². The van der Waals surface area contributed by atoms with Crippen LogP contribution in [-0.2, 0) is 85.4 Å². The second-order valence-electron chi connectivity index (χ2n) is 28.0. The Bertz CT molecular complexity index is 2430. The van der Waals surface area contributed by atoms with Gasteiger partial charge >= 0.3 is 5.97 Å². The quantitative estimate of drug-likeness (QED) is 0.241. The summed E-state index contributed by atoms with van der Waals surface area (Å²) in [5, 5.41) is 11.2. The van der Waals surface area contributed by atoms with Crippen molar-refractivity contribution in [3.8, 4) is 0 Å². The molecule has 0 aromatic carbocycles. The van der Waals surface area contributed by atoms with Crippen molar-refractivity contribution in [3.05, 3.63) is 24.3 Å². The highest BCUT2D eigenvalue weighted by molar-refractivity contribution is 5.79. The van der Waals surface area contributed by atoms with Gasteiger partial charge in [0.1, 0.15) is 42.4 Å². The van der Waals surface area contributed by atoms with Crippen LogP contribution in [-0.4, -0.2) is 194 Å². The van der Waals surface area contributed by atoms with Crippen molar-refractivity contribution in [1.82, 2.24) is 0 Å². The first-order valence-electron chi connectivity index (χ1n) is 31.5. The fourth-order valence-corrected chi connectivity index (χ4v) is 18.3. The summed E-state index contributed by atoms with van der Waals surface area (Å²) in [7, 11) is 1.58. The molecule has 0 aromatic rings. The van der Waals surface area contributed by atoms with Gasteiger partial charge in [-0.05, 0) is 73.8 Å². The van der Waals surface area contributed by atoms with E-state index in [1.807, 2.05) is 0 Å². The number of Topliss-reactive ketones (excluding diaryl/α,β-unsaturated/α-hetero) is 1. The average Bonchev–Trinajstić information content (AvgIpc) is 4.41. The minimum Gasteiger partial charge on any atom is -0.459 e. The number of hydrogen-bond donors (Lipinski definition) is 1. The molecule has 1 N–H and O–H groups in total. The fourth-order valence-electron chi connectivity index (χ4n) is 18.3. The smallest absolute Gasteiger partial charge is 0.308 e. The first kappa shape index (κ1) is 55.6. The maximum atomic E-state index is 14.6. The summed E-state index contributed by atoms with van der Waals surface area (Å²) in [6.07, 6.45) is 3.28. The summed E-state index contributed by atoms with van der Waals surface area (Å²) < 4.78 is 109. The van der Waals surface area contributed by atoms with Crippen molar-refractivity contribution in [2.75, 3.05) is 13.7 Å². The minimum absolute atomic E-state index is 0.0118. The Kier molecular flexibility index (Phi) is 14.5. The number of rotatable bonds is 5. The number of esters is 1. The van der Waals surface area contributed by atoms with Gasteiger partial charge in [-0.2, -0.15) is 0 Å². The number of ketones is 1. The number of methoxy groups -OCH3 is 1. The van der Waals surface area contributed by atoms with Gasteiger partial charge in [0.05, 0.1) is 123 Å². The van der Waals surface area contributed by atoms with Gasteiger partial charge in [-0.1, -0.05) is 40.9 Å². The number of carbonyl (C=O) groups excluding carboxylic acids is 2. The van der Waals surface area contributed by atoms with Crippen molar-refractivity contribution < 1.29 is 90.5 Å². The number of aliphatic hydroxyl groups is 1. The van der Waals surface area contributed by atoms with Crippen molar-refractivity contribution in [2.45, 2.75) is 314 Å². The molecule has 16 heterocycles. The zero-order valence-electron chi connectivity index (χ0n) is 48.0. The molecule has 12 bridgehead atoms. The molecule has 16 fully saturated rings. The molecule has 19 heteroatoms. The van der Waals surface area contributed by atoms with Crippen LogP contribution in [0.5, 0.6) is 0 Å². The van der Waals surface area contributed by atoms with E-state index in [9.17, 15) is 14.7 Å². The van der Waals surface area contributed by atoms with Crippen LogP contribution in [0, 0.1) is 23.7 Å². The van der Waals surface area contributed by atoms with Gasteiger partial charge in [0, 0.05) is 83.7 Å². The third-order valence-corrected chi connectivity index (χ3v) is 22.2. The van der Waals surface area contributed by atoms with Crippen molar-refractivity contribution in [1.29, 1.82) is 0 Å². The molecule has 450 valence electrons. The monoisotopic (exact) mass is 1140 g/mol. The minimum atomic E-state index is -0.931. The van der Waals surface area contributed by atoms with Crippen LogP contribution >= 0.6 is 0 Å². The molecule has 16 saturated heterocycles. The number of ether oxygens (including phenoxy) is 16. The first-order valence-corrected chi connectivity index (χ1v) is 31.5. The van der Waals surface area contributed by atoms with E-state index >= 15 is 0 Å². The van der Waals surface area contributed by atoms with Gasteiger partial charge in [-0.3, -0.25) is 9.59 Å². The van der Waals surface area contributed by atoms with Crippen LogP contribution in [0.2, 0.25) is 0 Å². The molecule has 31 atom stereocenters. The largest absolute Gasteiger partial charge is 0.459 e. The second kappa shape index (κ2) is 21.1. The van der Waals surface area contributed by atoms with E-state index in [2.05, 4.69) is 40.9 Å². The molecule has 19 nitrogen and oxygen atoms in total. The molecule has 0 aromatic heterocycles. The summed E-state index contributed by atoms with van der Waals surface area (Å²) in [6.45, 7) is 18.2. The summed E-state index contributed by atoms with van der Waals surface area (Å²) in [4.78, 5) is 27.3. The Morgan fingerprint density at radius 1 is 0.543 bits per heavy atom. The van der Waals surface area contributed by atoms with E-state index in [0.29, 0.717) is 70.8 Å². The second-order valence-corrected chi connectivity index (χ2v) is 28.0. The van der Waals surface area contributed by atoms with Gasteiger partial charge in [-0.15, -0.1) is 0 Å². The predicted molar refractivity (Wildman–Crippen MR) is 282 cm³/mol. The molecule has 81 heavy (non-hydrogen) atoms. The van der Waals surface area contributed by atoms with Crippen molar-refractivity contribution >= 4 is 11.8 Å². The van der Waals surface area contributed by atoms with Crippen molar-refractivity contribution in [3.63, 3.8) is 0 Å². The summed E-state index contributed by atoms with van der Waals surface area (Å²) in [5.41, 5.74) is 2.15. The number of aliphatic hydroxyl groups excluding tert-OH is 1. The Morgan fingerprint density at radius 3 is 2.07 bits per heavy atom. The number of carbonyl (C=O) groups is 2. The number of fused-ring (bicyclic) bond motifs is 10. The lowest BCUT2D eigenvalue weighted by Crippen LogP contribution is -2.62. The average molecular weight is 1140 g/mol. The topological polar surface area (TPSA) is 202 Å². The molecule has 0 radical (unpaired) electrons. The van der Waals surface area contributed by atoms with Gasteiger partial charge in [0.2, 0.25) is 0 Å². The Hall–Kier alpha value is -2.02. The molecule has 0 aliphatic carbocycles. The van der Waals surface area contributed by atoms with Crippen LogP contribution in [0.15, 0.2) is 24.3 Å². The summed E-state index contributed by atoms with van der Waals surface area (Å²) in [5.74, 6) is -2.84. The molecular formula is C62H88O19. The Labute approximate surface area is 475 Å². The zero-order valence-corrected chi connectivity index (χ0v) is 48.0. The molecular weight excluding hydrogens is 1050 g/mol. The van der Waals surface area contributed by atoms with Gasteiger partial charge < -0.3 is 80.9 Å². The first-order chi connectivity index (χ1) is 39.0. The lowest BCUT2D eigenvalue weighted by molar-refractivity contribution is -0.371. The van der Waals surface area contributed by atoms with Gasteiger partial charge in [0.15, 0.2) is 17.4 Å². The number of hydrogen-bond acceptors (Lipinski definition) is 19. The third-order valence-electron chi connectivity index (χ3n) is 22.2. The predicted octanol–water partition coefficient (Wildman–Crippen LogP) is 6.18. The molecule has 16 rings (SSSR count). The SMILES string of the molecule is C=C1C[C@@H]2CC[C@@]34C[C@H]5O[C@H]6[C@@H](O3)[C@H]3O[C@H](CC[C@@H]3O[C@H]6[C@H]5O4)CC(=O)O[C@@H]3[C@@H](C)[C@@H]4O[C@H]5C[C@]6(C[C@@H]7O[C@]8(C[C@H](C)[C@@H]9O[C@H](CC(=O)CCOC)[C@H](O)C[C@@H]9O8)C[C@H](C)[C@@H]7O6)O[C@H]5C[C@@H]4O[C@H]3C[C@H]3O[C@@H](CC[C@@H]1O2)C[C@@H](C)C3=C. The van der Waals surface area contributed by atoms with Crippen LogP contribution in [0.25, 0.3) is 0 Å². The van der Waals surface area contributed by atoms with Crippen LogP contribution in [0.4, 0.5) is 0 Å². The molecule has 0 amide bonds. The fraction of sp³-hybridized carbons (Fsp3) is 0.903. The van der Waals surface area contributed by atoms with Gasteiger partial charge in [-0.25, -0.2) is 0 Å².